The van der Waals surface area contributed by atoms with Gasteiger partial charge in [-0.05, 0) is 46.7 Å². The lowest BCUT2D eigenvalue weighted by Gasteiger charge is -2.27. The van der Waals surface area contributed by atoms with Crippen molar-refractivity contribution in [1.82, 2.24) is 14.5 Å². The Bertz CT molecular complexity index is 625. The summed E-state index contributed by atoms with van der Waals surface area (Å²) in [5.41, 5.74) is 1.96. The van der Waals surface area contributed by atoms with Crippen molar-refractivity contribution in [2.75, 3.05) is 5.88 Å². The van der Waals surface area contributed by atoms with Crippen LogP contribution in [0.25, 0.3) is 11.2 Å². The maximum absolute atomic E-state index is 5.95. The fraction of sp³-hybridized carbons (Fsp3) is 0.625. The van der Waals surface area contributed by atoms with Gasteiger partial charge in [0.1, 0.15) is 11.3 Å². The third-order valence-corrected chi connectivity index (χ3v) is 5.06. The number of pyridine rings is 1. The van der Waals surface area contributed by atoms with Gasteiger partial charge >= 0.3 is 0 Å². The van der Waals surface area contributed by atoms with Gasteiger partial charge in [-0.3, -0.25) is 0 Å². The number of alkyl halides is 1. The van der Waals surface area contributed by atoms with Crippen molar-refractivity contribution in [2.24, 2.45) is 11.8 Å². The van der Waals surface area contributed by atoms with Crippen LogP contribution in [0.4, 0.5) is 0 Å². The molecule has 0 N–H and O–H groups in total. The molecule has 3 rings (SSSR count). The fourth-order valence-electron chi connectivity index (χ4n) is 3.48. The molecule has 1 aliphatic carbocycles. The number of fused-ring (bicyclic) bond motifs is 1. The minimum Gasteiger partial charge on any atom is -0.312 e. The van der Waals surface area contributed by atoms with Crippen LogP contribution in [-0.4, -0.2) is 20.4 Å². The van der Waals surface area contributed by atoms with Crippen LogP contribution >= 0.6 is 27.5 Å². The summed E-state index contributed by atoms with van der Waals surface area (Å²) in [6.07, 6.45) is 8.02. The number of hydrogen-bond acceptors (Lipinski definition) is 2. The van der Waals surface area contributed by atoms with Gasteiger partial charge in [-0.25, -0.2) is 9.97 Å². The number of halogens is 2. The molecule has 2 unspecified atom stereocenters. The number of aromatic nitrogens is 3. The smallest absolute Gasteiger partial charge is 0.160 e. The van der Waals surface area contributed by atoms with E-state index in [4.69, 9.17) is 16.6 Å². The second-order valence-corrected chi connectivity index (χ2v) is 7.51. The average Bonchev–Trinajstić information content (AvgIpc) is 2.76. The number of imidazole rings is 1. The molecule has 114 valence electrons. The van der Waals surface area contributed by atoms with Crippen molar-refractivity contribution >= 4 is 38.7 Å². The quantitative estimate of drug-likeness (QED) is 0.724. The standard InChI is InChI=1S/C16H21BrClN3/c1-11-3-2-4-12(7-11)10-21-15(5-6-18)20-14-8-13(17)9-19-16(14)21/h8-9,11-12H,2-7,10H2,1H3. The molecule has 2 aromatic rings. The van der Waals surface area contributed by atoms with Crippen molar-refractivity contribution < 1.29 is 0 Å². The molecule has 1 saturated carbocycles. The van der Waals surface area contributed by atoms with Gasteiger partial charge in [0.25, 0.3) is 0 Å². The highest BCUT2D eigenvalue weighted by Gasteiger charge is 2.22. The lowest BCUT2D eigenvalue weighted by Crippen LogP contribution is -2.20. The van der Waals surface area contributed by atoms with Crippen molar-refractivity contribution in [1.29, 1.82) is 0 Å². The van der Waals surface area contributed by atoms with E-state index in [9.17, 15) is 0 Å². The summed E-state index contributed by atoms with van der Waals surface area (Å²) in [6.45, 7) is 3.40. The SMILES string of the molecule is CC1CCCC(Cn2c(CCCl)nc3cc(Br)cnc32)C1. The van der Waals surface area contributed by atoms with Crippen LogP contribution in [-0.2, 0) is 13.0 Å². The van der Waals surface area contributed by atoms with Crippen LogP contribution < -0.4 is 0 Å². The van der Waals surface area contributed by atoms with Crippen LogP contribution in [0.1, 0.15) is 38.4 Å². The molecule has 3 nitrogen and oxygen atoms in total. The molecule has 5 heteroatoms. The van der Waals surface area contributed by atoms with Gasteiger partial charge in [-0.2, -0.15) is 0 Å². The normalized spacial score (nSPS) is 22.8. The Morgan fingerprint density at radius 1 is 1.43 bits per heavy atom. The van der Waals surface area contributed by atoms with E-state index >= 15 is 0 Å². The second kappa shape index (κ2) is 6.66. The Morgan fingerprint density at radius 2 is 2.29 bits per heavy atom. The molecule has 1 aliphatic rings. The topological polar surface area (TPSA) is 30.7 Å². The zero-order valence-corrected chi connectivity index (χ0v) is 14.7. The Morgan fingerprint density at radius 3 is 3.05 bits per heavy atom. The Kier molecular flexibility index (Phi) is 4.85. The first-order valence-electron chi connectivity index (χ1n) is 7.74. The van der Waals surface area contributed by atoms with Gasteiger partial charge in [0.2, 0.25) is 0 Å². The zero-order valence-electron chi connectivity index (χ0n) is 12.4. The van der Waals surface area contributed by atoms with E-state index in [0.29, 0.717) is 5.88 Å². The van der Waals surface area contributed by atoms with E-state index in [1.165, 1.54) is 25.7 Å². The summed E-state index contributed by atoms with van der Waals surface area (Å²) in [5.74, 6) is 3.26. The summed E-state index contributed by atoms with van der Waals surface area (Å²) in [7, 11) is 0. The van der Waals surface area contributed by atoms with Gasteiger partial charge in [0, 0.05) is 29.5 Å². The minimum absolute atomic E-state index is 0.603. The molecule has 2 heterocycles. The summed E-state index contributed by atoms with van der Waals surface area (Å²) in [4.78, 5) is 9.31. The predicted molar refractivity (Wildman–Crippen MR) is 90.8 cm³/mol. The van der Waals surface area contributed by atoms with Crippen LogP contribution in [0.15, 0.2) is 16.7 Å². The molecular weight excluding hydrogens is 350 g/mol. The molecule has 0 aromatic carbocycles. The molecule has 0 amide bonds. The third-order valence-electron chi connectivity index (χ3n) is 4.43. The Balaban J connectivity index is 1.93. The van der Waals surface area contributed by atoms with E-state index < -0.39 is 0 Å². The zero-order chi connectivity index (χ0) is 14.8. The van der Waals surface area contributed by atoms with Crippen molar-refractivity contribution in [3.8, 4) is 0 Å². The van der Waals surface area contributed by atoms with E-state index in [-0.39, 0.29) is 0 Å². The summed E-state index contributed by atoms with van der Waals surface area (Å²) < 4.78 is 3.27. The molecule has 1 fully saturated rings. The summed E-state index contributed by atoms with van der Waals surface area (Å²) >= 11 is 9.42. The Labute approximate surface area is 139 Å². The Hall–Kier alpha value is -0.610. The number of rotatable bonds is 4. The highest BCUT2D eigenvalue weighted by Crippen LogP contribution is 2.31. The van der Waals surface area contributed by atoms with E-state index in [1.807, 2.05) is 12.3 Å². The monoisotopic (exact) mass is 369 g/mol. The van der Waals surface area contributed by atoms with Crippen LogP contribution in [0.2, 0.25) is 0 Å². The van der Waals surface area contributed by atoms with Gasteiger partial charge in [-0.1, -0.05) is 19.8 Å². The predicted octanol–water partition coefficient (Wildman–Crippen LogP) is 4.80. The largest absolute Gasteiger partial charge is 0.312 e. The van der Waals surface area contributed by atoms with E-state index in [0.717, 1.165) is 46.3 Å². The molecule has 0 radical (unpaired) electrons. The fourth-order valence-corrected chi connectivity index (χ4v) is 3.97. The molecular formula is C16H21BrClN3. The first kappa shape index (κ1) is 15.3. The molecule has 0 aliphatic heterocycles. The van der Waals surface area contributed by atoms with Crippen molar-refractivity contribution in [3.63, 3.8) is 0 Å². The highest BCUT2D eigenvalue weighted by atomic mass is 79.9. The molecule has 0 bridgehead atoms. The first-order chi connectivity index (χ1) is 10.2. The van der Waals surface area contributed by atoms with E-state index in [2.05, 4.69) is 32.4 Å². The van der Waals surface area contributed by atoms with Crippen LogP contribution in [0.3, 0.4) is 0 Å². The lowest BCUT2D eigenvalue weighted by atomic mass is 9.82. The lowest BCUT2D eigenvalue weighted by molar-refractivity contribution is 0.257. The van der Waals surface area contributed by atoms with Gasteiger partial charge in [0.15, 0.2) is 5.65 Å². The van der Waals surface area contributed by atoms with Crippen molar-refractivity contribution in [2.45, 2.75) is 45.6 Å². The first-order valence-corrected chi connectivity index (χ1v) is 9.06. The number of hydrogen-bond donors (Lipinski definition) is 0. The molecule has 0 spiro atoms. The summed E-state index contributed by atoms with van der Waals surface area (Å²) in [5, 5.41) is 0. The number of aryl methyl sites for hydroxylation is 1. The molecule has 2 atom stereocenters. The van der Waals surface area contributed by atoms with Crippen LogP contribution in [0, 0.1) is 11.8 Å². The molecule has 0 saturated heterocycles. The number of nitrogens with zero attached hydrogens (tertiary/aromatic N) is 3. The van der Waals surface area contributed by atoms with Gasteiger partial charge in [-0.15, -0.1) is 11.6 Å². The molecule has 21 heavy (non-hydrogen) atoms. The minimum atomic E-state index is 0.603. The van der Waals surface area contributed by atoms with Gasteiger partial charge < -0.3 is 4.57 Å². The molecule has 2 aromatic heterocycles. The van der Waals surface area contributed by atoms with Crippen molar-refractivity contribution in [3.05, 3.63) is 22.6 Å². The van der Waals surface area contributed by atoms with E-state index in [1.54, 1.807) is 0 Å². The highest BCUT2D eigenvalue weighted by molar-refractivity contribution is 9.10. The van der Waals surface area contributed by atoms with Crippen LogP contribution in [0.5, 0.6) is 0 Å². The maximum Gasteiger partial charge on any atom is 0.160 e. The second-order valence-electron chi connectivity index (χ2n) is 6.21. The average molecular weight is 371 g/mol. The summed E-state index contributed by atoms with van der Waals surface area (Å²) in [6, 6.07) is 2.04. The van der Waals surface area contributed by atoms with Gasteiger partial charge in [0.05, 0.1) is 0 Å². The third kappa shape index (κ3) is 3.42. The maximum atomic E-state index is 5.95.